The second kappa shape index (κ2) is 6.68. The molecule has 0 fully saturated rings. The molecule has 1 aromatic carbocycles. The lowest BCUT2D eigenvalue weighted by molar-refractivity contribution is 0.139. The second-order valence-electron chi connectivity index (χ2n) is 4.09. The van der Waals surface area contributed by atoms with Crippen LogP contribution in [0.1, 0.15) is 11.1 Å². The molecular formula is C13H12FNO4S2. The van der Waals surface area contributed by atoms with Crippen LogP contribution in [-0.2, 0) is 28.1 Å². The molecule has 2 rings (SSSR count). The van der Waals surface area contributed by atoms with Gasteiger partial charge in [-0.2, -0.15) is 8.42 Å². The van der Waals surface area contributed by atoms with Gasteiger partial charge in [0.15, 0.2) is 4.21 Å². The zero-order valence-electron chi connectivity index (χ0n) is 10.8. The van der Waals surface area contributed by atoms with Crippen molar-refractivity contribution < 1.29 is 21.8 Å². The summed E-state index contributed by atoms with van der Waals surface area (Å²) in [6, 6.07) is 10.5. The van der Waals surface area contributed by atoms with Crippen LogP contribution in [0.5, 0.6) is 0 Å². The van der Waals surface area contributed by atoms with Gasteiger partial charge in [0.25, 0.3) is 0 Å². The van der Waals surface area contributed by atoms with E-state index in [-0.39, 0.29) is 18.7 Å². The van der Waals surface area contributed by atoms with E-state index in [0.29, 0.717) is 0 Å². The predicted molar refractivity (Wildman–Crippen MR) is 76.1 cm³/mol. The number of rotatable bonds is 5. The lowest BCUT2D eigenvalue weighted by Gasteiger charge is -2.07. The first-order chi connectivity index (χ1) is 9.97. The van der Waals surface area contributed by atoms with Gasteiger partial charge in [0.05, 0.1) is 0 Å². The molecule has 0 bridgehead atoms. The minimum atomic E-state index is -4.77. The molecule has 1 N–H and O–H groups in total. The van der Waals surface area contributed by atoms with Crippen molar-refractivity contribution >= 4 is 27.7 Å². The Kier molecular flexibility index (Phi) is 4.92. The standard InChI is InChI=1S/C13H12FNO4S2/c14-21(17,18)12-11(6-7-20-12)8-15-13(16)19-9-10-4-2-1-3-5-10/h1-7H,8-9H2,(H,15,16). The number of amides is 1. The third kappa shape index (κ3) is 4.54. The molecule has 0 saturated heterocycles. The lowest BCUT2D eigenvalue weighted by Crippen LogP contribution is -2.24. The van der Waals surface area contributed by atoms with Crippen molar-refractivity contribution in [3.8, 4) is 0 Å². The first kappa shape index (κ1) is 15.5. The maximum atomic E-state index is 12.9. The van der Waals surface area contributed by atoms with Crippen LogP contribution < -0.4 is 5.32 Å². The highest BCUT2D eigenvalue weighted by Gasteiger charge is 2.19. The Labute approximate surface area is 125 Å². The van der Waals surface area contributed by atoms with E-state index in [1.165, 1.54) is 11.4 Å². The topological polar surface area (TPSA) is 72.5 Å². The van der Waals surface area contributed by atoms with Crippen molar-refractivity contribution in [1.82, 2.24) is 5.32 Å². The van der Waals surface area contributed by atoms with E-state index < -0.39 is 20.5 Å². The van der Waals surface area contributed by atoms with Gasteiger partial charge in [-0.3, -0.25) is 0 Å². The van der Waals surface area contributed by atoms with Gasteiger partial charge in [-0.15, -0.1) is 11.3 Å². The van der Waals surface area contributed by atoms with Crippen molar-refractivity contribution in [2.45, 2.75) is 17.4 Å². The Morgan fingerprint density at radius 2 is 1.95 bits per heavy atom. The Balaban J connectivity index is 1.86. The van der Waals surface area contributed by atoms with Crippen LogP contribution in [0.25, 0.3) is 0 Å². The van der Waals surface area contributed by atoms with E-state index in [0.717, 1.165) is 16.9 Å². The molecule has 0 radical (unpaired) electrons. The van der Waals surface area contributed by atoms with Gasteiger partial charge in [-0.1, -0.05) is 34.2 Å². The molecule has 0 unspecified atom stereocenters. The van der Waals surface area contributed by atoms with Gasteiger partial charge in [-0.05, 0) is 17.0 Å². The summed E-state index contributed by atoms with van der Waals surface area (Å²) in [5, 5.41) is 3.83. The van der Waals surface area contributed by atoms with Crippen LogP contribution >= 0.6 is 11.3 Å². The molecule has 112 valence electrons. The monoisotopic (exact) mass is 329 g/mol. The number of hydrogen-bond acceptors (Lipinski definition) is 5. The zero-order valence-corrected chi connectivity index (χ0v) is 12.4. The van der Waals surface area contributed by atoms with Crippen LogP contribution in [0.3, 0.4) is 0 Å². The number of halogens is 1. The number of alkyl carbamates (subject to hydrolysis) is 1. The first-order valence-corrected chi connectivity index (χ1v) is 8.19. The van der Waals surface area contributed by atoms with Gasteiger partial charge >= 0.3 is 16.3 Å². The van der Waals surface area contributed by atoms with Crippen LogP contribution in [0.15, 0.2) is 46.0 Å². The van der Waals surface area contributed by atoms with E-state index >= 15 is 0 Å². The Bertz CT molecular complexity index is 713. The maximum Gasteiger partial charge on any atom is 0.407 e. The first-order valence-electron chi connectivity index (χ1n) is 5.92. The molecule has 1 heterocycles. The molecule has 1 aromatic heterocycles. The van der Waals surface area contributed by atoms with Gasteiger partial charge < -0.3 is 10.1 Å². The van der Waals surface area contributed by atoms with E-state index in [1.807, 2.05) is 18.2 Å². The fourth-order valence-corrected chi connectivity index (χ4v) is 3.34. The van der Waals surface area contributed by atoms with Crippen molar-refractivity contribution in [1.29, 1.82) is 0 Å². The largest absolute Gasteiger partial charge is 0.445 e. The molecule has 5 nitrogen and oxygen atoms in total. The van der Waals surface area contributed by atoms with E-state index in [2.05, 4.69) is 5.32 Å². The molecular weight excluding hydrogens is 317 g/mol. The number of carbonyl (C=O) groups is 1. The van der Waals surface area contributed by atoms with Crippen LogP contribution in [-0.4, -0.2) is 14.5 Å². The zero-order chi connectivity index (χ0) is 15.3. The average Bonchev–Trinajstić information content (AvgIpc) is 2.92. The molecule has 8 heteroatoms. The smallest absolute Gasteiger partial charge is 0.407 e. The van der Waals surface area contributed by atoms with Crippen molar-refractivity contribution in [3.05, 3.63) is 52.9 Å². The van der Waals surface area contributed by atoms with E-state index in [1.54, 1.807) is 12.1 Å². The SMILES string of the molecule is O=C(NCc1ccsc1S(=O)(=O)F)OCc1ccccc1. The fourth-order valence-electron chi connectivity index (χ4n) is 1.61. The second-order valence-corrected chi connectivity index (χ2v) is 6.54. The number of nitrogens with one attached hydrogen (secondary N) is 1. The minimum absolute atomic E-state index is 0.102. The summed E-state index contributed by atoms with van der Waals surface area (Å²) in [4.78, 5) is 11.5. The molecule has 0 atom stereocenters. The highest BCUT2D eigenvalue weighted by Crippen LogP contribution is 2.24. The predicted octanol–water partition coefficient (Wildman–Crippen LogP) is 2.83. The summed E-state index contributed by atoms with van der Waals surface area (Å²) in [5.41, 5.74) is 1.02. The normalized spacial score (nSPS) is 11.1. The summed E-state index contributed by atoms with van der Waals surface area (Å²) < 4.78 is 39.3. The summed E-state index contributed by atoms with van der Waals surface area (Å²) in [6.07, 6.45) is -0.702. The molecule has 21 heavy (non-hydrogen) atoms. The lowest BCUT2D eigenvalue weighted by atomic mass is 10.2. The summed E-state index contributed by atoms with van der Waals surface area (Å²) >= 11 is 0.763. The third-order valence-electron chi connectivity index (χ3n) is 2.56. The van der Waals surface area contributed by atoms with Gasteiger partial charge in [0.1, 0.15) is 6.61 Å². The highest BCUT2D eigenvalue weighted by molar-refractivity contribution is 7.88. The Morgan fingerprint density at radius 1 is 1.24 bits per heavy atom. The highest BCUT2D eigenvalue weighted by atomic mass is 32.3. The molecule has 0 aliphatic heterocycles. The fraction of sp³-hybridized carbons (Fsp3) is 0.154. The van der Waals surface area contributed by atoms with Crippen LogP contribution in [0, 0.1) is 0 Å². The molecule has 1 amide bonds. The Hall–Kier alpha value is -1.93. The number of benzene rings is 1. The van der Waals surface area contributed by atoms with Crippen LogP contribution in [0.4, 0.5) is 8.68 Å². The van der Waals surface area contributed by atoms with Crippen molar-refractivity contribution in [2.24, 2.45) is 0 Å². The average molecular weight is 329 g/mol. The van der Waals surface area contributed by atoms with E-state index in [9.17, 15) is 17.1 Å². The van der Waals surface area contributed by atoms with Gasteiger partial charge in [0.2, 0.25) is 0 Å². The van der Waals surface area contributed by atoms with Crippen LogP contribution in [0.2, 0.25) is 0 Å². The summed E-state index contributed by atoms with van der Waals surface area (Å²) in [5.74, 6) is 0. The number of thiophene rings is 1. The maximum absolute atomic E-state index is 12.9. The summed E-state index contributed by atoms with van der Waals surface area (Å²) in [6.45, 7) is -0.0137. The molecule has 2 aromatic rings. The Morgan fingerprint density at radius 3 is 2.62 bits per heavy atom. The van der Waals surface area contributed by atoms with Crippen molar-refractivity contribution in [3.63, 3.8) is 0 Å². The van der Waals surface area contributed by atoms with Gasteiger partial charge in [0, 0.05) is 12.1 Å². The third-order valence-corrected chi connectivity index (χ3v) is 4.90. The number of hydrogen-bond donors (Lipinski definition) is 1. The molecule has 0 spiro atoms. The summed E-state index contributed by atoms with van der Waals surface area (Å²) in [7, 11) is -4.77. The van der Waals surface area contributed by atoms with Crippen molar-refractivity contribution in [2.75, 3.05) is 0 Å². The quantitative estimate of drug-likeness (QED) is 0.856. The minimum Gasteiger partial charge on any atom is -0.445 e. The number of carbonyl (C=O) groups excluding carboxylic acids is 1. The van der Waals surface area contributed by atoms with Gasteiger partial charge in [-0.25, -0.2) is 4.79 Å². The van der Waals surface area contributed by atoms with E-state index in [4.69, 9.17) is 4.74 Å². The molecule has 0 aliphatic carbocycles. The molecule has 0 saturated carbocycles. The number of ether oxygens (including phenoxy) is 1. The molecule has 0 aliphatic rings.